The molecule has 0 heterocycles. The fourth-order valence-electron chi connectivity index (χ4n) is 2.45. The Labute approximate surface area is 197 Å². The summed E-state index contributed by atoms with van der Waals surface area (Å²) in [5, 5.41) is 0. The molecule has 0 saturated carbocycles. The second-order valence-corrected chi connectivity index (χ2v) is 8.63. The van der Waals surface area contributed by atoms with Gasteiger partial charge < -0.3 is 9.46 Å². The number of carbonyl (C=O) groups is 2. The summed E-state index contributed by atoms with van der Waals surface area (Å²) in [7, 11) is -4.92. The summed E-state index contributed by atoms with van der Waals surface area (Å²) in [4.78, 5) is 37.1. The number of benzene rings is 2. The minimum Gasteiger partial charge on any atom is -0.788 e. The van der Waals surface area contributed by atoms with E-state index in [0.717, 1.165) is 11.1 Å². The van der Waals surface area contributed by atoms with Crippen molar-refractivity contribution in [3.8, 4) is 0 Å². The minimum atomic E-state index is -4.92. The smallest absolute Gasteiger partial charge is 0.788 e. The molecule has 0 aromatic heterocycles. The van der Waals surface area contributed by atoms with E-state index < -0.39 is 18.4 Å². The van der Waals surface area contributed by atoms with Crippen molar-refractivity contribution in [1.82, 2.24) is 0 Å². The first-order chi connectivity index (χ1) is 11.6. The van der Waals surface area contributed by atoms with E-state index in [1.165, 1.54) is 24.3 Å². The Balaban J connectivity index is 0.00000338. The van der Waals surface area contributed by atoms with Gasteiger partial charge in [-0.05, 0) is 23.0 Å². The average Bonchev–Trinajstić information content (AvgIpc) is 2.60. The third-order valence-electron chi connectivity index (χ3n) is 4.18. The van der Waals surface area contributed by atoms with Crippen molar-refractivity contribution in [2.75, 3.05) is 0 Å². The first kappa shape index (κ1) is 23.6. The van der Waals surface area contributed by atoms with Gasteiger partial charge in [0.1, 0.15) is 0 Å². The van der Waals surface area contributed by atoms with Gasteiger partial charge in [0.15, 0.2) is 7.37 Å². The maximum atomic E-state index is 12.4. The molecule has 132 valence electrons. The molecule has 2 aromatic carbocycles. The van der Waals surface area contributed by atoms with Gasteiger partial charge in [-0.1, -0.05) is 76.2 Å². The van der Waals surface area contributed by atoms with E-state index in [-0.39, 0.29) is 74.3 Å². The van der Waals surface area contributed by atoms with Crippen molar-refractivity contribution in [3.63, 3.8) is 0 Å². The molecule has 6 heteroatoms. The fourth-order valence-corrected chi connectivity index (χ4v) is 3.62. The molecular weight excluding hydrogens is 374 g/mol. The van der Waals surface area contributed by atoms with Crippen LogP contribution in [0.15, 0.2) is 48.5 Å². The van der Waals surface area contributed by atoms with Crippen LogP contribution in [0.3, 0.4) is 0 Å². The van der Waals surface area contributed by atoms with Crippen molar-refractivity contribution in [2.24, 2.45) is 0 Å². The van der Waals surface area contributed by atoms with Crippen molar-refractivity contribution >= 4 is 18.4 Å². The molecule has 4 nitrogen and oxygen atoms in total. The Morgan fingerprint density at radius 3 is 1.23 bits per heavy atom. The standard InChI is InChI=1S/C20H23O4P.K/c1-13(2)15-5-9-17(10-6-15)19(21)25(23,24)20(22)18-11-7-16(8-12-18)14(3)4;/h5-14H,1-4H3,(H,23,24);/q;+1/p-1. The second kappa shape index (κ2) is 9.70. The average molecular weight is 396 g/mol. The van der Waals surface area contributed by atoms with Crippen LogP contribution >= 0.6 is 7.37 Å². The van der Waals surface area contributed by atoms with Gasteiger partial charge in [-0.15, -0.1) is 0 Å². The quantitative estimate of drug-likeness (QED) is 0.549. The number of rotatable bonds is 6. The summed E-state index contributed by atoms with van der Waals surface area (Å²) < 4.78 is 12.4. The van der Waals surface area contributed by atoms with Crippen molar-refractivity contribution < 1.29 is 70.4 Å². The third kappa shape index (κ3) is 5.32. The van der Waals surface area contributed by atoms with E-state index in [9.17, 15) is 19.0 Å². The van der Waals surface area contributed by atoms with E-state index in [4.69, 9.17) is 0 Å². The molecule has 0 aliphatic heterocycles. The fraction of sp³-hybridized carbons (Fsp3) is 0.300. The maximum absolute atomic E-state index is 12.4. The molecule has 0 fully saturated rings. The van der Waals surface area contributed by atoms with E-state index in [1.54, 1.807) is 24.3 Å². The molecule has 2 rings (SSSR count). The van der Waals surface area contributed by atoms with Crippen LogP contribution in [0.4, 0.5) is 0 Å². The Morgan fingerprint density at radius 2 is 1.00 bits per heavy atom. The molecule has 0 N–H and O–H groups in total. The Kier molecular flexibility index (Phi) is 8.82. The molecule has 0 bridgehead atoms. The van der Waals surface area contributed by atoms with Gasteiger partial charge in [0.25, 0.3) is 0 Å². The predicted octanol–water partition coefficient (Wildman–Crippen LogP) is 1.56. The third-order valence-corrected chi connectivity index (χ3v) is 5.77. The van der Waals surface area contributed by atoms with E-state index in [1.807, 2.05) is 27.7 Å². The molecule has 2 aromatic rings. The normalized spacial score (nSPS) is 11.3. The van der Waals surface area contributed by atoms with Crippen LogP contribution < -0.4 is 56.3 Å². The Morgan fingerprint density at radius 1 is 0.731 bits per heavy atom. The number of hydrogen-bond acceptors (Lipinski definition) is 4. The zero-order valence-electron chi connectivity index (χ0n) is 15.9. The van der Waals surface area contributed by atoms with Crippen LogP contribution in [0.2, 0.25) is 0 Å². The SMILES string of the molecule is CC(C)c1ccc(C(=O)P(=O)([O-])C(=O)c2ccc(C(C)C)cc2)cc1.[K+]. The van der Waals surface area contributed by atoms with Gasteiger partial charge in [-0.25, -0.2) is 0 Å². The summed E-state index contributed by atoms with van der Waals surface area (Å²) in [6.07, 6.45) is 0. The molecule has 0 spiro atoms. The first-order valence-corrected chi connectivity index (χ1v) is 9.87. The molecular formula is C20H22KO4P. The minimum absolute atomic E-state index is 0. The van der Waals surface area contributed by atoms with Crippen LogP contribution in [0.5, 0.6) is 0 Å². The molecule has 0 radical (unpaired) electrons. The topological polar surface area (TPSA) is 74.3 Å². The monoisotopic (exact) mass is 396 g/mol. The summed E-state index contributed by atoms with van der Waals surface area (Å²) in [5.41, 5.74) is -0.271. The molecule has 0 aliphatic carbocycles. The van der Waals surface area contributed by atoms with Crippen LogP contribution in [-0.4, -0.2) is 11.0 Å². The predicted molar refractivity (Wildman–Crippen MR) is 97.3 cm³/mol. The van der Waals surface area contributed by atoms with Crippen molar-refractivity contribution in [2.45, 2.75) is 39.5 Å². The van der Waals surface area contributed by atoms with Crippen LogP contribution in [0.25, 0.3) is 0 Å². The molecule has 0 atom stereocenters. The van der Waals surface area contributed by atoms with Gasteiger partial charge in [0.05, 0.1) is 0 Å². The van der Waals surface area contributed by atoms with Crippen LogP contribution in [0.1, 0.15) is 71.4 Å². The zero-order valence-corrected chi connectivity index (χ0v) is 19.9. The van der Waals surface area contributed by atoms with Gasteiger partial charge in [-0.2, -0.15) is 0 Å². The van der Waals surface area contributed by atoms with Gasteiger partial charge in [0.2, 0.25) is 11.0 Å². The maximum Gasteiger partial charge on any atom is 1.00 e. The van der Waals surface area contributed by atoms with E-state index in [2.05, 4.69) is 0 Å². The molecule has 26 heavy (non-hydrogen) atoms. The number of hydrogen-bond donors (Lipinski definition) is 0. The van der Waals surface area contributed by atoms with Gasteiger partial charge in [-0.3, -0.25) is 9.59 Å². The van der Waals surface area contributed by atoms with E-state index >= 15 is 0 Å². The summed E-state index contributed by atoms with van der Waals surface area (Å²) in [5.74, 6) is 0.536. The molecule has 0 saturated heterocycles. The molecule has 0 amide bonds. The van der Waals surface area contributed by atoms with Crippen LogP contribution in [0, 0.1) is 0 Å². The van der Waals surface area contributed by atoms with Gasteiger partial charge in [0, 0.05) is 11.1 Å². The Bertz CT molecular complexity index is 756. The van der Waals surface area contributed by atoms with Crippen molar-refractivity contribution in [1.29, 1.82) is 0 Å². The Hall–Kier alpha value is -0.394. The van der Waals surface area contributed by atoms with Crippen molar-refractivity contribution in [3.05, 3.63) is 70.8 Å². The molecule has 0 unspecified atom stereocenters. The largest absolute Gasteiger partial charge is 1.00 e. The van der Waals surface area contributed by atoms with Gasteiger partial charge >= 0.3 is 51.4 Å². The first-order valence-electron chi connectivity index (χ1n) is 8.25. The summed E-state index contributed by atoms with van der Waals surface area (Å²) >= 11 is 0. The molecule has 0 aliphatic rings. The number of carbonyl (C=O) groups excluding carboxylic acids is 2. The summed E-state index contributed by atoms with van der Waals surface area (Å²) in [6.45, 7) is 8.00. The van der Waals surface area contributed by atoms with E-state index in [0.29, 0.717) is 0 Å². The second-order valence-electron chi connectivity index (χ2n) is 6.72. The summed E-state index contributed by atoms with van der Waals surface area (Å²) in [6, 6.07) is 12.7. The van der Waals surface area contributed by atoms with Crippen LogP contribution in [-0.2, 0) is 4.57 Å². The zero-order chi connectivity index (χ0) is 18.8.